The fourth-order valence-corrected chi connectivity index (χ4v) is 3.96. The monoisotopic (exact) mass is 426 g/mol. The third-order valence-electron chi connectivity index (χ3n) is 5.40. The average molecular weight is 426 g/mol. The van der Waals surface area contributed by atoms with Crippen molar-refractivity contribution in [3.05, 3.63) is 63.5 Å². The maximum atomic E-state index is 13.8. The summed E-state index contributed by atoms with van der Waals surface area (Å²) < 4.78 is 13.8. The zero-order valence-corrected chi connectivity index (χ0v) is 16.5. The van der Waals surface area contributed by atoms with Crippen molar-refractivity contribution >= 4 is 34.8 Å². The predicted molar refractivity (Wildman–Crippen MR) is 110 cm³/mol. The molecule has 2 heterocycles. The van der Waals surface area contributed by atoms with Gasteiger partial charge >= 0.3 is 0 Å². The summed E-state index contributed by atoms with van der Waals surface area (Å²) in [6, 6.07) is 7.83. The number of hydrogen-bond acceptors (Lipinski definition) is 6. The molecule has 0 aliphatic carbocycles. The third kappa shape index (κ3) is 3.83. The lowest BCUT2D eigenvalue weighted by molar-refractivity contribution is -0.385. The minimum Gasteiger partial charge on any atom is -0.370 e. The quantitative estimate of drug-likeness (QED) is 0.447. The Morgan fingerprint density at radius 2 is 1.84 bits per heavy atom. The summed E-state index contributed by atoms with van der Waals surface area (Å²) in [5.41, 5.74) is -0.0324. The maximum Gasteiger partial charge on any atom is 0.282 e. The highest BCUT2D eigenvalue weighted by atomic mass is 19.1. The molecule has 3 amide bonds. The molecule has 2 aliphatic heterocycles. The van der Waals surface area contributed by atoms with Crippen LogP contribution in [-0.4, -0.2) is 47.2 Å². The number of nitrogens with zero attached hydrogens (tertiary/aromatic N) is 3. The van der Waals surface area contributed by atoms with E-state index in [1.807, 2.05) is 4.90 Å². The number of nitrogens with one attached hydrogen (secondary N) is 1. The normalized spacial score (nSPS) is 15.8. The molecule has 0 radical (unpaired) electrons. The fraction of sp³-hybridized carbons (Fsp3) is 0.286. The third-order valence-corrected chi connectivity index (χ3v) is 5.40. The molecule has 9 nitrogen and oxygen atoms in total. The fourth-order valence-electron chi connectivity index (χ4n) is 3.96. The van der Waals surface area contributed by atoms with Crippen LogP contribution in [0.15, 0.2) is 36.4 Å². The Bertz CT molecular complexity index is 1100. The Morgan fingerprint density at radius 3 is 2.55 bits per heavy atom. The van der Waals surface area contributed by atoms with Gasteiger partial charge in [-0.15, -0.1) is 0 Å². The SMILES string of the molecule is O=C(CN1C(=O)c2cccc([N+](=O)[O-])c2C1=O)Nc1cc(F)ccc1N1CCCCC1. The second-order valence-corrected chi connectivity index (χ2v) is 7.41. The highest BCUT2D eigenvalue weighted by molar-refractivity contribution is 6.24. The molecule has 1 fully saturated rings. The van der Waals surface area contributed by atoms with Crippen molar-refractivity contribution in [3.8, 4) is 0 Å². The highest BCUT2D eigenvalue weighted by Gasteiger charge is 2.41. The first-order valence-corrected chi connectivity index (χ1v) is 9.85. The van der Waals surface area contributed by atoms with Crippen LogP contribution in [0.3, 0.4) is 0 Å². The smallest absolute Gasteiger partial charge is 0.282 e. The molecule has 2 aromatic rings. The molecule has 2 aliphatic rings. The van der Waals surface area contributed by atoms with Crippen LogP contribution in [0, 0.1) is 15.9 Å². The van der Waals surface area contributed by atoms with E-state index in [1.54, 1.807) is 6.07 Å². The number of fused-ring (bicyclic) bond motifs is 1. The van der Waals surface area contributed by atoms with Crippen LogP contribution < -0.4 is 10.2 Å². The molecule has 10 heteroatoms. The summed E-state index contributed by atoms with van der Waals surface area (Å²) in [4.78, 5) is 51.0. The molecule has 160 valence electrons. The predicted octanol–water partition coefficient (Wildman–Crippen LogP) is 2.96. The van der Waals surface area contributed by atoms with Crippen LogP contribution >= 0.6 is 0 Å². The standard InChI is InChI=1S/C21H19FN4O5/c22-13-7-8-16(24-9-2-1-3-10-24)15(11-13)23-18(27)12-25-20(28)14-5-4-6-17(26(30)31)19(14)21(25)29/h4-8,11H,1-3,9-10,12H2,(H,23,27). The molecule has 2 aromatic carbocycles. The van der Waals surface area contributed by atoms with Crippen LogP contribution in [0.2, 0.25) is 0 Å². The highest BCUT2D eigenvalue weighted by Crippen LogP contribution is 2.32. The number of amides is 3. The van der Waals surface area contributed by atoms with E-state index in [4.69, 9.17) is 0 Å². The van der Waals surface area contributed by atoms with Gasteiger partial charge in [-0.1, -0.05) is 6.07 Å². The van der Waals surface area contributed by atoms with Gasteiger partial charge in [0.05, 0.1) is 21.9 Å². The van der Waals surface area contributed by atoms with Gasteiger partial charge in [0.15, 0.2) is 0 Å². The largest absolute Gasteiger partial charge is 0.370 e. The van der Waals surface area contributed by atoms with Gasteiger partial charge in [0.1, 0.15) is 17.9 Å². The van der Waals surface area contributed by atoms with E-state index in [9.17, 15) is 28.9 Å². The van der Waals surface area contributed by atoms with Gasteiger partial charge in [0, 0.05) is 19.2 Å². The Hall–Kier alpha value is -3.82. The lowest BCUT2D eigenvalue weighted by Gasteiger charge is -2.30. The Kier molecular flexibility index (Phi) is 5.37. The Labute approximate surface area is 176 Å². The van der Waals surface area contributed by atoms with Crippen molar-refractivity contribution in [3.63, 3.8) is 0 Å². The lowest BCUT2D eigenvalue weighted by Crippen LogP contribution is -2.38. The second-order valence-electron chi connectivity index (χ2n) is 7.41. The van der Waals surface area contributed by atoms with E-state index < -0.39 is 40.7 Å². The molecule has 4 rings (SSSR count). The van der Waals surface area contributed by atoms with Gasteiger partial charge in [-0.3, -0.25) is 29.4 Å². The van der Waals surface area contributed by atoms with Gasteiger partial charge in [-0.2, -0.15) is 0 Å². The number of carbonyl (C=O) groups excluding carboxylic acids is 3. The molecular weight excluding hydrogens is 407 g/mol. The van der Waals surface area contributed by atoms with E-state index in [-0.39, 0.29) is 16.8 Å². The topological polar surface area (TPSA) is 113 Å². The van der Waals surface area contributed by atoms with Gasteiger partial charge in [-0.05, 0) is 43.5 Å². The number of hydrogen-bond donors (Lipinski definition) is 1. The number of rotatable bonds is 5. The molecule has 1 N–H and O–H groups in total. The number of anilines is 2. The molecule has 0 aromatic heterocycles. The maximum absolute atomic E-state index is 13.8. The van der Waals surface area contributed by atoms with E-state index >= 15 is 0 Å². The molecule has 0 bridgehead atoms. The van der Waals surface area contributed by atoms with Crippen molar-refractivity contribution in [2.45, 2.75) is 19.3 Å². The van der Waals surface area contributed by atoms with E-state index in [2.05, 4.69) is 5.32 Å². The van der Waals surface area contributed by atoms with Crippen LogP contribution in [0.4, 0.5) is 21.5 Å². The van der Waals surface area contributed by atoms with Crippen molar-refractivity contribution < 1.29 is 23.7 Å². The summed E-state index contributed by atoms with van der Waals surface area (Å²) >= 11 is 0. The summed E-state index contributed by atoms with van der Waals surface area (Å²) in [7, 11) is 0. The van der Waals surface area contributed by atoms with Crippen LogP contribution in [0.5, 0.6) is 0 Å². The first-order valence-electron chi connectivity index (χ1n) is 9.85. The number of halogens is 1. The van der Waals surface area contributed by atoms with Crippen LogP contribution in [-0.2, 0) is 4.79 Å². The minimum absolute atomic E-state index is 0.119. The number of nitro groups is 1. The number of nitro benzene ring substituents is 1. The zero-order valence-electron chi connectivity index (χ0n) is 16.5. The number of carbonyl (C=O) groups is 3. The van der Waals surface area contributed by atoms with E-state index in [1.165, 1.54) is 24.3 Å². The second kappa shape index (κ2) is 8.13. The summed E-state index contributed by atoms with van der Waals surface area (Å²) in [6.07, 6.45) is 3.07. The number of imide groups is 1. The van der Waals surface area contributed by atoms with E-state index in [0.717, 1.165) is 38.4 Å². The van der Waals surface area contributed by atoms with Crippen LogP contribution in [0.25, 0.3) is 0 Å². The first kappa shape index (κ1) is 20.5. The lowest BCUT2D eigenvalue weighted by atomic mass is 10.1. The van der Waals surface area contributed by atoms with E-state index in [0.29, 0.717) is 10.6 Å². The van der Waals surface area contributed by atoms with Crippen molar-refractivity contribution in [2.75, 3.05) is 29.9 Å². The molecule has 0 saturated carbocycles. The van der Waals surface area contributed by atoms with Gasteiger partial charge in [0.2, 0.25) is 5.91 Å². The van der Waals surface area contributed by atoms with Gasteiger partial charge < -0.3 is 10.2 Å². The Balaban J connectivity index is 1.54. The molecule has 0 atom stereocenters. The molecule has 0 unspecified atom stereocenters. The molecule has 0 spiro atoms. The first-order chi connectivity index (χ1) is 14.9. The van der Waals surface area contributed by atoms with Crippen molar-refractivity contribution in [2.24, 2.45) is 0 Å². The van der Waals surface area contributed by atoms with Crippen molar-refractivity contribution in [1.29, 1.82) is 0 Å². The summed E-state index contributed by atoms with van der Waals surface area (Å²) in [5.74, 6) is -2.93. The summed E-state index contributed by atoms with van der Waals surface area (Å²) in [6.45, 7) is 0.909. The summed E-state index contributed by atoms with van der Waals surface area (Å²) in [5, 5.41) is 13.8. The van der Waals surface area contributed by atoms with Crippen LogP contribution in [0.1, 0.15) is 40.0 Å². The molecule has 1 saturated heterocycles. The van der Waals surface area contributed by atoms with Gasteiger partial charge in [0.25, 0.3) is 17.5 Å². The number of benzene rings is 2. The minimum atomic E-state index is -0.905. The number of piperidine rings is 1. The average Bonchev–Trinajstić information content (AvgIpc) is 2.99. The molecular formula is C21H19FN4O5. The zero-order chi connectivity index (χ0) is 22.1. The van der Waals surface area contributed by atoms with Gasteiger partial charge in [-0.25, -0.2) is 4.39 Å². The Morgan fingerprint density at radius 1 is 1.10 bits per heavy atom. The molecule has 31 heavy (non-hydrogen) atoms. The van der Waals surface area contributed by atoms with Crippen molar-refractivity contribution in [1.82, 2.24) is 4.90 Å².